The Balaban J connectivity index is 1.85. The monoisotopic (exact) mass is 303 g/mol. The average molecular weight is 304 g/mol. The van der Waals surface area contributed by atoms with Crippen molar-refractivity contribution in [3.8, 4) is 5.75 Å². The normalized spacial score (nSPS) is 10.2. The lowest BCUT2D eigenvalue weighted by Crippen LogP contribution is -2.30. The molecule has 110 valence electrons. The molecule has 4 heteroatoms. The standard InChI is InChI=1S/C17H18ClNO2/c1-13-4-3-5-16(12-13)21-11-10-19(2)17(20)14-6-8-15(18)9-7-14/h3-9,12H,10-11H2,1-2H3. The minimum Gasteiger partial charge on any atom is -0.492 e. The lowest BCUT2D eigenvalue weighted by Gasteiger charge is -2.17. The van der Waals surface area contributed by atoms with E-state index in [1.807, 2.05) is 31.2 Å². The summed E-state index contributed by atoms with van der Waals surface area (Å²) in [6, 6.07) is 14.7. The molecule has 0 aliphatic rings. The summed E-state index contributed by atoms with van der Waals surface area (Å²) in [5, 5.41) is 0.622. The van der Waals surface area contributed by atoms with Gasteiger partial charge in [-0.2, -0.15) is 0 Å². The van der Waals surface area contributed by atoms with Crippen LogP contribution in [0.2, 0.25) is 5.02 Å². The van der Waals surface area contributed by atoms with E-state index in [9.17, 15) is 4.79 Å². The summed E-state index contributed by atoms with van der Waals surface area (Å²) in [7, 11) is 1.76. The summed E-state index contributed by atoms with van der Waals surface area (Å²) in [6.07, 6.45) is 0. The number of aryl methyl sites for hydroxylation is 1. The third-order valence-corrected chi connectivity index (χ3v) is 3.37. The number of nitrogens with zero attached hydrogens (tertiary/aromatic N) is 1. The zero-order chi connectivity index (χ0) is 15.2. The van der Waals surface area contributed by atoms with Crippen molar-refractivity contribution in [3.05, 3.63) is 64.7 Å². The number of ether oxygens (including phenoxy) is 1. The van der Waals surface area contributed by atoms with E-state index in [2.05, 4.69) is 0 Å². The number of hydrogen-bond acceptors (Lipinski definition) is 2. The highest BCUT2D eigenvalue weighted by atomic mass is 35.5. The number of rotatable bonds is 5. The Kier molecular flexibility index (Phi) is 5.23. The van der Waals surface area contributed by atoms with Gasteiger partial charge in [-0.05, 0) is 48.9 Å². The predicted octanol–water partition coefficient (Wildman–Crippen LogP) is 3.80. The molecule has 0 saturated carbocycles. The van der Waals surface area contributed by atoms with E-state index in [4.69, 9.17) is 16.3 Å². The van der Waals surface area contributed by atoms with Gasteiger partial charge in [0.1, 0.15) is 12.4 Å². The number of halogens is 1. The number of hydrogen-bond donors (Lipinski definition) is 0. The second-order valence-electron chi connectivity index (χ2n) is 4.90. The van der Waals surface area contributed by atoms with Crippen LogP contribution in [0.15, 0.2) is 48.5 Å². The zero-order valence-corrected chi connectivity index (χ0v) is 12.9. The molecule has 2 rings (SSSR count). The molecule has 0 spiro atoms. The first kappa shape index (κ1) is 15.4. The third kappa shape index (κ3) is 4.50. The minimum absolute atomic E-state index is 0.0421. The van der Waals surface area contributed by atoms with Crippen molar-refractivity contribution in [2.24, 2.45) is 0 Å². The molecule has 0 fully saturated rings. The summed E-state index contributed by atoms with van der Waals surface area (Å²) in [5.41, 5.74) is 1.77. The predicted molar refractivity (Wildman–Crippen MR) is 85.1 cm³/mol. The van der Waals surface area contributed by atoms with E-state index in [1.165, 1.54) is 0 Å². The number of benzene rings is 2. The molecule has 0 aliphatic carbocycles. The maximum atomic E-state index is 12.2. The van der Waals surface area contributed by atoms with E-state index in [-0.39, 0.29) is 5.91 Å². The average Bonchev–Trinajstić information content (AvgIpc) is 2.47. The molecule has 0 heterocycles. The molecule has 0 radical (unpaired) electrons. The molecule has 2 aromatic carbocycles. The fraction of sp³-hybridized carbons (Fsp3) is 0.235. The molecule has 0 unspecified atom stereocenters. The highest BCUT2D eigenvalue weighted by Gasteiger charge is 2.11. The zero-order valence-electron chi connectivity index (χ0n) is 12.2. The Labute approximate surface area is 130 Å². The minimum atomic E-state index is -0.0421. The quantitative estimate of drug-likeness (QED) is 0.841. The maximum absolute atomic E-state index is 12.2. The lowest BCUT2D eigenvalue weighted by molar-refractivity contribution is 0.0774. The molecule has 0 bridgehead atoms. The van der Waals surface area contributed by atoms with Crippen molar-refractivity contribution in [2.75, 3.05) is 20.2 Å². The summed E-state index contributed by atoms with van der Waals surface area (Å²) in [5.74, 6) is 0.779. The number of carbonyl (C=O) groups is 1. The first-order chi connectivity index (χ1) is 10.1. The smallest absolute Gasteiger partial charge is 0.253 e. The van der Waals surface area contributed by atoms with Gasteiger partial charge in [0.25, 0.3) is 5.91 Å². The fourth-order valence-corrected chi connectivity index (χ4v) is 2.05. The molecule has 2 aromatic rings. The summed E-state index contributed by atoms with van der Waals surface area (Å²) in [4.78, 5) is 13.8. The van der Waals surface area contributed by atoms with Crippen LogP contribution in [0.5, 0.6) is 5.75 Å². The lowest BCUT2D eigenvalue weighted by atomic mass is 10.2. The fourth-order valence-electron chi connectivity index (χ4n) is 1.92. The van der Waals surface area contributed by atoms with Gasteiger partial charge in [-0.3, -0.25) is 4.79 Å². The van der Waals surface area contributed by atoms with Crippen LogP contribution in [0, 0.1) is 6.92 Å². The number of likely N-dealkylation sites (N-methyl/N-ethyl adjacent to an activating group) is 1. The van der Waals surface area contributed by atoms with E-state index in [1.54, 1.807) is 36.2 Å². The van der Waals surface area contributed by atoms with Crippen LogP contribution < -0.4 is 4.74 Å². The molecule has 3 nitrogen and oxygen atoms in total. The van der Waals surface area contributed by atoms with Gasteiger partial charge in [-0.1, -0.05) is 23.7 Å². The molecule has 0 aliphatic heterocycles. The molecule has 0 N–H and O–H groups in total. The first-order valence-corrected chi connectivity index (χ1v) is 7.14. The molecule has 1 amide bonds. The van der Waals surface area contributed by atoms with Gasteiger partial charge < -0.3 is 9.64 Å². The van der Waals surface area contributed by atoms with Crippen LogP contribution in [-0.4, -0.2) is 31.0 Å². The molecule has 0 atom stereocenters. The van der Waals surface area contributed by atoms with Crippen molar-refractivity contribution >= 4 is 17.5 Å². The van der Waals surface area contributed by atoms with Crippen LogP contribution in [0.3, 0.4) is 0 Å². The van der Waals surface area contributed by atoms with Crippen molar-refractivity contribution in [2.45, 2.75) is 6.92 Å². The number of amides is 1. The Morgan fingerprint density at radius 1 is 1.19 bits per heavy atom. The van der Waals surface area contributed by atoms with Crippen LogP contribution >= 0.6 is 11.6 Å². The van der Waals surface area contributed by atoms with Gasteiger partial charge in [0.2, 0.25) is 0 Å². The third-order valence-electron chi connectivity index (χ3n) is 3.12. The topological polar surface area (TPSA) is 29.5 Å². The van der Waals surface area contributed by atoms with Crippen molar-refractivity contribution in [1.82, 2.24) is 4.90 Å². The van der Waals surface area contributed by atoms with E-state index in [0.717, 1.165) is 11.3 Å². The van der Waals surface area contributed by atoms with Crippen LogP contribution in [0.4, 0.5) is 0 Å². The van der Waals surface area contributed by atoms with Crippen LogP contribution in [0.1, 0.15) is 15.9 Å². The summed E-state index contributed by atoms with van der Waals surface area (Å²) < 4.78 is 5.65. The molecular formula is C17H18ClNO2. The largest absolute Gasteiger partial charge is 0.492 e. The summed E-state index contributed by atoms with van der Waals surface area (Å²) >= 11 is 5.82. The van der Waals surface area contributed by atoms with Crippen molar-refractivity contribution < 1.29 is 9.53 Å². The summed E-state index contributed by atoms with van der Waals surface area (Å²) in [6.45, 7) is 3.00. The van der Waals surface area contributed by atoms with Crippen molar-refractivity contribution in [1.29, 1.82) is 0 Å². The van der Waals surface area contributed by atoms with Gasteiger partial charge in [0.15, 0.2) is 0 Å². The Hall–Kier alpha value is -2.00. The highest BCUT2D eigenvalue weighted by Crippen LogP contribution is 2.13. The Morgan fingerprint density at radius 3 is 2.57 bits per heavy atom. The van der Waals surface area contributed by atoms with Gasteiger partial charge in [-0.15, -0.1) is 0 Å². The molecular weight excluding hydrogens is 286 g/mol. The van der Waals surface area contributed by atoms with E-state index < -0.39 is 0 Å². The van der Waals surface area contributed by atoms with Gasteiger partial charge in [0, 0.05) is 17.6 Å². The molecule has 0 aromatic heterocycles. The molecule has 0 saturated heterocycles. The molecule has 21 heavy (non-hydrogen) atoms. The maximum Gasteiger partial charge on any atom is 0.253 e. The van der Waals surface area contributed by atoms with E-state index >= 15 is 0 Å². The number of carbonyl (C=O) groups excluding carboxylic acids is 1. The first-order valence-electron chi connectivity index (χ1n) is 6.77. The van der Waals surface area contributed by atoms with Gasteiger partial charge in [0.05, 0.1) is 6.54 Å². The SMILES string of the molecule is Cc1cccc(OCCN(C)C(=O)c2ccc(Cl)cc2)c1. The Morgan fingerprint density at radius 2 is 1.90 bits per heavy atom. The van der Waals surface area contributed by atoms with Crippen LogP contribution in [-0.2, 0) is 0 Å². The second kappa shape index (κ2) is 7.14. The van der Waals surface area contributed by atoms with Gasteiger partial charge >= 0.3 is 0 Å². The van der Waals surface area contributed by atoms with Crippen molar-refractivity contribution in [3.63, 3.8) is 0 Å². The van der Waals surface area contributed by atoms with E-state index in [0.29, 0.717) is 23.7 Å². The Bertz CT molecular complexity index is 610. The second-order valence-corrected chi connectivity index (χ2v) is 5.34. The van der Waals surface area contributed by atoms with Crippen LogP contribution in [0.25, 0.3) is 0 Å². The van der Waals surface area contributed by atoms with Gasteiger partial charge in [-0.25, -0.2) is 0 Å². The highest BCUT2D eigenvalue weighted by molar-refractivity contribution is 6.30.